The minimum Gasteiger partial charge on any atom is -0.493 e. The van der Waals surface area contributed by atoms with E-state index in [4.69, 9.17) is 18.5 Å². The quantitative estimate of drug-likeness (QED) is 0.293. The lowest BCUT2D eigenvalue weighted by atomic mass is 10.2. The van der Waals surface area contributed by atoms with E-state index in [1.807, 2.05) is 0 Å². The molecule has 1 aromatic rings. The third-order valence-corrected chi connectivity index (χ3v) is 5.84. The predicted molar refractivity (Wildman–Crippen MR) is 102 cm³/mol. The molecule has 0 saturated carbocycles. The Morgan fingerprint density at radius 1 is 0.880 bits per heavy atom. The summed E-state index contributed by atoms with van der Waals surface area (Å²) in [6, 6.07) is 5.32. The van der Waals surface area contributed by atoms with Gasteiger partial charge in [0.25, 0.3) is 0 Å². The summed E-state index contributed by atoms with van der Waals surface area (Å²) in [6.45, 7) is 4.69. The van der Waals surface area contributed by atoms with Gasteiger partial charge in [0, 0.05) is 0 Å². The van der Waals surface area contributed by atoms with Crippen LogP contribution in [0.25, 0.3) is 0 Å². The molecule has 1 rings (SSSR count). The van der Waals surface area contributed by atoms with Crippen molar-refractivity contribution < 1.29 is 23.1 Å². The monoisotopic (exact) mass is 372 g/mol. The van der Waals surface area contributed by atoms with Crippen LogP contribution in [-0.4, -0.2) is 27.0 Å². The molecule has 0 saturated heterocycles. The fourth-order valence-electron chi connectivity index (χ4n) is 2.44. The molecule has 1 unspecified atom stereocenters. The zero-order chi connectivity index (χ0) is 18.5. The van der Waals surface area contributed by atoms with E-state index in [0.717, 1.165) is 25.7 Å². The van der Waals surface area contributed by atoms with Crippen LogP contribution in [0.2, 0.25) is 0 Å². The van der Waals surface area contributed by atoms with Crippen molar-refractivity contribution in [3.05, 3.63) is 18.2 Å². The van der Waals surface area contributed by atoms with E-state index in [-0.39, 0.29) is 0 Å². The van der Waals surface area contributed by atoms with Crippen LogP contribution in [0.15, 0.2) is 18.2 Å². The van der Waals surface area contributed by atoms with E-state index < -0.39 is 7.60 Å². The van der Waals surface area contributed by atoms with E-state index in [0.29, 0.717) is 30.0 Å². The number of para-hydroxylation sites is 1. The van der Waals surface area contributed by atoms with Gasteiger partial charge in [-0.1, -0.05) is 52.0 Å². The van der Waals surface area contributed by atoms with Crippen LogP contribution in [0.4, 0.5) is 0 Å². The predicted octanol–water partition coefficient (Wildman–Crippen LogP) is 6.06. The summed E-state index contributed by atoms with van der Waals surface area (Å²) < 4.78 is 35.5. The van der Waals surface area contributed by atoms with Crippen molar-refractivity contribution in [2.75, 3.05) is 27.0 Å². The molecule has 0 aliphatic heterocycles. The summed E-state index contributed by atoms with van der Waals surface area (Å²) in [5.74, 6) is 1.32. The van der Waals surface area contributed by atoms with Crippen LogP contribution >= 0.6 is 7.60 Å². The second kappa shape index (κ2) is 12.2. The molecular weight excluding hydrogens is 339 g/mol. The molecule has 25 heavy (non-hydrogen) atoms. The topological polar surface area (TPSA) is 54.0 Å². The Labute approximate surface area is 152 Å². The molecule has 0 fully saturated rings. The highest BCUT2D eigenvalue weighted by Crippen LogP contribution is 2.53. The highest BCUT2D eigenvalue weighted by molar-refractivity contribution is 7.54. The molecule has 0 aromatic heterocycles. The highest BCUT2D eigenvalue weighted by Gasteiger charge is 2.28. The van der Waals surface area contributed by atoms with Crippen LogP contribution in [0.3, 0.4) is 0 Å². The Morgan fingerprint density at radius 2 is 1.48 bits per heavy atom. The third kappa shape index (κ3) is 7.70. The van der Waals surface area contributed by atoms with Gasteiger partial charge >= 0.3 is 7.60 Å². The zero-order valence-corrected chi connectivity index (χ0v) is 17.0. The normalized spacial score (nSPS) is 13.3. The Balaban J connectivity index is 2.79. The average molecular weight is 372 g/mol. The minimum atomic E-state index is -3.25. The molecule has 0 amide bonds. The van der Waals surface area contributed by atoms with Crippen molar-refractivity contribution in [3.8, 4) is 17.2 Å². The first-order valence-corrected chi connectivity index (χ1v) is 11.0. The van der Waals surface area contributed by atoms with E-state index in [9.17, 15) is 4.57 Å². The smallest absolute Gasteiger partial charge is 0.379 e. The first kappa shape index (κ1) is 21.9. The van der Waals surface area contributed by atoms with Gasteiger partial charge in [0.2, 0.25) is 5.75 Å². The molecule has 0 bridgehead atoms. The van der Waals surface area contributed by atoms with Gasteiger partial charge in [-0.15, -0.1) is 0 Å². The largest absolute Gasteiger partial charge is 0.493 e. The van der Waals surface area contributed by atoms with Gasteiger partial charge in [-0.05, 0) is 25.0 Å². The highest BCUT2D eigenvalue weighted by atomic mass is 31.2. The molecule has 144 valence electrons. The fraction of sp³-hybridized carbons (Fsp3) is 0.684. The SMILES string of the molecule is CCCCCCCOP(=O)(CCCC)Oc1c(OC)cccc1OC. The van der Waals surface area contributed by atoms with Gasteiger partial charge in [-0.2, -0.15) is 0 Å². The van der Waals surface area contributed by atoms with Gasteiger partial charge in [-0.3, -0.25) is 4.52 Å². The number of unbranched alkanes of at least 4 members (excludes halogenated alkanes) is 5. The number of ether oxygens (including phenoxy) is 2. The van der Waals surface area contributed by atoms with Crippen LogP contribution < -0.4 is 14.0 Å². The lowest BCUT2D eigenvalue weighted by molar-refractivity contribution is 0.250. The van der Waals surface area contributed by atoms with Crippen molar-refractivity contribution in [2.45, 2.75) is 58.8 Å². The Kier molecular flexibility index (Phi) is 10.7. The average Bonchev–Trinajstić information content (AvgIpc) is 2.63. The lowest BCUT2D eigenvalue weighted by Crippen LogP contribution is -2.06. The molecule has 0 aliphatic carbocycles. The molecule has 0 aliphatic rings. The van der Waals surface area contributed by atoms with Gasteiger partial charge in [0.1, 0.15) is 0 Å². The molecule has 0 N–H and O–H groups in total. The van der Waals surface area contributed by atoms with Crippen LogP contribution in [0.5, 0.6) is 17.2 Å². The van der Waals surface area contributed by atoms with Crippen LogP contribution in [-0.2, 0) is 9.09 Å². The van der Waals surface area contributed by atoms with Crippen LogP contribution in [0.1, 0.15) is 58.8 Å². The minimum absolute atomic E-state index is 0.345. The first-order chi connectivity index (χ1) is 12.1. The third-order valence-electron chi connectivity index (χ3n) is 3.93. The molecule has 0 spiro atoms. The van der Waals surface area contributed by atoms with Crippen molar-refractivity contribution in [1.82, 2.24) is 0 Å². The van der Waals surface area contributed by atoms with Crippen molar-refractivity contribution >= 4 is 7.60 Å². The summed E-state index contributed by atoms with van der Waals surface area (Å²) >= 11 is 0. The van der Waals surface area contributed by atoms with Gasteiger partial charge in [-0.25, -0.2) is 4.57 Å². The molecule has 6 heteroatoms. The van der Waals surface area contributed by atoms with Crippen molar-refractivity contribution in [1.29, 1.82) is 0 Å². The van der Waals surface area contributed by atoms with E-state index in [1.54, 1.807) is 32.4 Å². The Bertz CT molecular complexity index is 510. The van der Waals surface area contributed by atoms with Crippen molar-refractivity contribution in [3.63, 3.8) is 0 Å². The number of methoxy groups -OCH3 is 2. The first-order valence-electron chi connectivity index (χ1n) is 9.24. The zero-order valence-electron chi connectivity index (χ0n) is 16.1. The van der Waals surface area contributed by atoms with Gasteiger partial charge in [0.15, 0.2) is 11.5 Å². The number of benzene rings is 1. The fourth-order valence-corrected chi connectivity index (χ4v) is 4.29. The number of hydrogen-bond donors (Lipinski definition) is 0. The molecule has 1 aromatic carbocycles. The Morgan fingerprint density at radius 3 is 2.04 bits per heavy atom. The second-order valence-electron chi connectivity index (χ2n) is 6.02. The summed E-state index contributed by atoms with van der Waals surface area (Å²) in [6.07, 6.45) is 7.68. The second-order valence-corrected chi connectivity index (χ2v) is 8.13. The summed E-state index contributed by atoms with van der Waals surface area (Å²) in [7, 11) is -0.156. The van der Waals surface area contributed by atoms with Crippen molar-refractivity contribution in [2.24, 2.45) is 0 Å². The maximum Gasteiger partial charge on any atom is 0.379 e. The van der Waals surface area contributed by atoms with E-state index in [2.05, 4.69) is 13.8 Å². The van der Waals surface area contributed by atoms with E-state index >= 15 is 0 Å². The van der Waals surface area contributed by atoms with E-state index in [1.165, 1.54) is 19.3 Å². The maximum atomic E-state index is 13.2. The summed E-state index contributed by atoms with van der Waals surface area (Å²) in [5, 5.41) is 0. The number of hydrogen-bond acceptors (Lipinski definition) is 5. The lowest BCUT2D eigenvalue weighted by Gasteiger charge is -2.22. The molecular formula is C19H33O5P. The van der Waals surface area contributed by atoms with Gasteiger partial charge < -0.3 is 14.0 Å². The Hall–Kier alpha value is -1.19. The molecule has 0 heterocycles. The number of rotatable bonds is 14. The molecule has 1 atom stereocenters. The molecule has 5 nitrogen and oxygen atoms in total. The summed E-state index contributed by atoms with van der Waals surface area (Å²) in [5.41, 5.74) is 0. The summed E-state index contributed by atoms with van der Waals surface area (Å²) in [4.78, 5) is 0. The molecule has 0 radical (unpaired) electrons. The van der Waals surface area contributed by atoms with Gasteiger partial charge in [0.05, 0.1) is 27.0 Å². The standard InChI is InChI=1S/C19H33O5P/c1-5-7-9-10-11-15-23-25(20,16-8-6-2)24-19-17(21-3)13-12-14-18(19)22-4/h12-14H,5-11,15-16H2,1-4H3. The van der Waals surface area contributed by atoms with Crippen LogP contribution in [0, 0.1) is 0 Å². The maximum absolute atomic E-state index is 13.2.